The van der Waals surface area contributed by atoms with Crippen LogP contribution in [0.15, 0.2) is 28.7 Å². The molecule has 2 rings (SSSR count). The van der Waals surface area contributed by atoms with Crippen molar-refractivity contribution in [3.63, 3.8) is 0 Å². The lowest BCUT2D eigenvalue weighted by molar-refractivity contribution is -0.921. The Kier molecular flexibility index (Phi) is 4.18. The van der Waals surface area contributed by atoms with Crippen LogP contribution in [0, 0.1) is 5.92 Å². The van der Waals surface area contributed by atoms with E-state index < -0.39 is 0 Å². The molecule has 92 valence electrons. The fourth-order valence-corrected chi connectivity index (χ4v) is 2.71. The van der Waals surface area contributed by atoms with Gasteiger partial charge in [-0.1, -0.05) is 28.1 Å². The molecule has 17 heavy (non-hydrogen) atoms. The van der Waals surface area contributed by atoms with Crippen molar-refractivity contribution in [2.45, 2.75) is 19.4 Å². The lowest BCUT2D eigenvalue weighted by Crippen LogP contribution is -3.12. The summed E-state index contributed by atoms with van der Waals surface area (Å²) in [5.41, 5.74) is 6.70. The third kappa shape index (κ3) is 3.54. The molecule has 1 aromatic rings. The summed E-state index contributed by atoms with van der Waals surface area (Å²) >= 11 is 3.43. The van der Waals surface area contributed by atoms with Gasteiger partial charge in [0, 0.05) is 10.0 Å². The van der Waals surface area contributed by atoms with E-state index in [0.717, 1.165) is 36.9 Å². The van der Waals surface area contributed by atoms with E-state index in [0.29, 0.717) is 0 Å². The number of primary amides is 1. The SMILES string of the molecule is NC(=O)[C@H]1CCC[NH+](Cc2ccc(Br)cc2)C1. The highest BCUT2D eigenvalue weighted by Gasteiger charge is 2.26. The smallest absolute Gasteiger partial charge is 0.226 e. The molecule has 2 atom stereocenters. The molecule has 0 saturated carbocycles. The molecule has 3 nitrogen and oxygen atoms in total. The zero-order valence-corrected chi connectivity index (χ0v) is 11.4. The maximum atomic E-state index is 11.2. The van der Waals surface area contributed by atoms with Crippen molar-refractivity contribution >= 4 is 21.8 Å². The molecule has 1 heterocycles. The summed E-state index contributed by atoms with van der Waals surface area (Å²) in [4.78, 5) is 12.7. The molecular formula is C13H18BrN2O+. The Morgan fingerprint density at radius 3 is 2.76 bits per heavy atom. The summed E-state index contributed by atoms with van der Waals surface area (Å²) in [6, 6.07) is 8.38. The quantitative estimate of drug-likeness (QED) is 0.849. The molecule has 0 spiro atoms. The van der Waals surface area contributed by atoms with Crippen molar-refractivity contribution < 1.29 is 9.69 Å². The molecule has 4 heteroatoms. The maximum Gasteiger partial charge on any atom is 0.226 e. The first-order valence-electron chi connectivity index (χ1n) is 6.02. The van der Waals surface area contributed by atoms with E-state index in [9.17, 15) is 4.79 Å². The van der Waals surface area contributed by atoms with Crippen LogP contribution in [0.2, 0.25) is 0 Å². The van der Waals surface area contributed by atoms with Crippen molar-refractivity contribution in [1.82, 2.24) is 0 Å². The number of hydrogen-bond donors (Lipinski definition) is 2. The molecule has 0 bridgehead atoms. The van der Waals surface area contributed by atoms with Crippen LogP contribution in [-0.4, -0.2) is 19.0 Å². The van der Waals surface area contributed by atoms with E-state index in [4.69, 9.17) is 5.73 Å². The molecule has 1 saturated heterocycles. The van der Waals surface area contributed by atoms with Crippen molar-refractivity contribution in [2.75, 3.05) is 13.1 Å². The second kappa shape index (κ2) is 5.65. The molecule has 1 aliphatic heterocycles. The maximum absolute atomic E-state index is 11.2. The van der Waals surface area contributed by atoms with Gasteiger partial charge < -0.3 is 10.6 Å². The third-order valence-electron chi connectivity index (χ3n) is 3.39. The highest BCUT2D eigenvalue weighted by atomic mass is 79.9. The lowest BCUT2D eigenvalue weighted by atomic mass is 9.97. The molecule has 3 N–H and O–H groups in total. The zero-order valence-electron chi connectivity index (χ0n) is 9.79. The van der Waals surface area contributed by atoms with E-state index in [-0.39, 0.29) is 11.8 Å². The standard InChI is InChI=1S/C13H17BrN2O/c14-12-5-3-10(4-6-12)8-16-7-1-2-11(9-16)13(15)17/h3-6,11H,1-2,7-9H2,(H2,15,17)/p+1/t11-/m0/s1. The Labute approximate surface area is 110 Å². The minimum atomic E-state index is -0.141. The minimum Gasteiger partial charge on any atom is -0.369 e. The number of rotatable bonds is 3. The number of carbonyl (C=O) groups is 1. The van der Waals surface area contributed by atoms with Gasteiger partial charge in [-0.3, -0.25) is 4.79 Å². The molecule has 1 amide bonds. The predicted octanol–water partition coefficient (Wildman–Crippen LogP) is 0.729. The lowest BCUT2D eigenvalue weighted by Gasteiger charge is -2.28. The van der Waals surface area contributed by atoms with Gasteiger partial charge in [0.05, 0.1) is 19.0 Å². The average molecular weight is 298 g/mol. The Bertz CT molecular complexity index is 391. The van der Waals surface area contributed by atoms with E-state index in [1.54, 1.807) is 0 Å². The van der Waals surface area contributed by atoms with Crippen LogP contribution in [-0.2, 0) is 11.3 Å². The summed E-state index contributed by atoms with van der Waals surface area (Å²) in [7, 11) is 0. The number of nitrogens with one attached hydrogen (secondary N) is 1. The minimum absolute atomic E-state index is 0.0641. The number of nitrogens with two attached hydrogens (primary N) is 1. The Morgan fingerprint density at radius 1 is 1.41 bits per heavy atom. The van der Waals surface area contributed by atoms with Crippen LogP contribution in [0.3, 0.4) is 0 Å². The van der Waals surface area contributed by atoms with Gasteiger partial charge in [-0.15, -0.1) is 0 Å². The average Bonchev–Trinajstić information content (AvgIpc) is 2.32. The summed E-state index contributed by atoms with van der Waals surface area (Å²) in [6.07, 6.45) is 2.05. The van der Waals surface area contributed by atoms with Gasteiger partial charge in [-0.2, -0.15) is 0 Å². The molecule has 0 aromatic heterocycles. The number of carbonyl (C=O) groups excluding carboxylic acids is 1. The summed E-state index contributed by atoms with van der Waals surface area (Å²) in [5.74, 6) is -0.0767. The molecule has 0 aliphatic carbocycles. The number of benzene rings is 1. The summed E-state index contributed by atoms with van der Waals surface area (Å²) in [6.45, 7) is 3.00. The highest BCUT2D eigenvalue weighted by molar-refractivity contribution is 9.10. The van der Waals surface area contributed by atoms with Gasteiger partial charge in [-0.05, 0) is 25.0 Å². The Morgan fingerprint density at radius 2 is 2.12 bits per heavy atom. The number of piperidine rings is 1. The Balaban J connectivity index is 1.94. The molecule has 0 radical (unpaired) electrons. The second-order valence-electron chi connectivity index (χ2n) is 4.75. The van der Waals surface area contributed by atoms with E-state index in [1.807, 2.05) is 0 Å². The van der Waals surface area contributed by atoms with Crippen LogP contribution in [0.1, 0.15) is 18.4 Å². The molecule has 1 unspecified atom stereocenters. The van der Waals surface area contributed by atoms with Crippen LogP contribution in [0.25, 0.3) is 0 Å². The molecular weight excluding hydrogens is 280 g/mol. The van der Waals surface area contributed by atoms with Crippen molar-refractivity contribution in [2.24, 2.45) is 11.7 Å². The van der Waals surface area contributed by atoms with Crippen molar-refractivity contribution in [1.29, 1.82) is 0 Å². The van der Waals surface area contributed by atoms with Gasteiger partial charge in [-0.25, -0.2) is 0 Å². The van der Waals surface area contributed by atoms with Crippen molar-refractivity contribution in [3.05, 3.63) is 34.3 Å². The topological polar surface area (TPSA) is 47.5 Å². The van der Waals surface area contributed by atoms with Crippen LogP contribution < -0.4 is 10.6 Å². The third-order valence-corrected chi connectivity index (χ3v) is 3.92. The molecule has 1 aromatic carbocycles. The van der Waals surface area contributed by atoms with E-state index in [1.165, 1.54) is 10.5 Å². The summed E-state index contributed by atoms with van der Waals surface area (Å²) < 4.78 is 1.10. The first-order valence-corrected chi connectivity index (χ1v) is 6.82. The van der Waals surface area contributed by atoms with Gasteiger partial charge in [0.1, 0.15) is 6.54 Å². The predicted molar refractivity (Wildman–Crippen MR) is 70.5 cm³/mol. The number of hydrogen-bond acceptors (Lipinski definition) is 1. The second-order valence-corrected chi connectivity index (χ2v) is 5.66. The number of amides is 1. The first kappa shape index (κ1) is 12.6. The van der Waals surface area contributed by atoms with E-state index in [2.05, 4.69) is 40.2 Å². The van der Waals surface area contributed by atoms with E-state index >= 15 is 0 Å². The van der Waals surface area contributed by atoms with Gasteiger partial charge in [0.25, 0.3) is 0 Å². The van der Waals surface area contributed by atoms with Gasteiger partial charge >= 0.3 is 0 Å². The number of quaternary nitrogens is 1. The van der Waals surface area contributed by atoms with Gasteiger partial charge in [0.15, 0.2) is 0 Å². The fraction of sp³-hybridized carbons (Fsp3) is 0.462. The zero-order chi connectivity index (χ0) is 12.3. The van der Waals surface area contributed by atoms with Gasteiger partial charge in [0.2, 0.25) is 5.91 Å². The number of halogens is 1. The summed E-state index contributed by atoms with van der Waals surface area (Å²) in [5, 5.41) is 0. The monoisotopic (exact) mass is 297 g/mol. The first-order chi connectivity index (χ1) is 8.15. The van der Waals surface area contributed by atoms with Crippen LogP contribution in [0.5, 0.6) is 0 Å². The van der Waals surface area contributed by atoms with Crippen LogP contribution >= 0.6 is 15.9 Å². The molecule has 1 fully saturated rings. The highest BCUT2D eigenvalue weighted by Crippen LogP contribution is 2.11. The van der Waals surface area contributed by atoms with Crippen LogP contribution in [0.4, 0.5) is 0 Å². The van der Waals surface area contributed by atoms with Crippen molar-refractivity contribution in [3.8, 4) is 0 Å². The largest absolute Gasteiger partial charge is 0.369 e. The molecule has 1 aliphatic rings. The fourth-order valence-electron chi connectivity index (χ4n) is 2.45. The normalized spacial score (nSPS) is 24.5. The Hall–Kier alpha value is -0.870. The number of likely N-dealkylation sites (tertiary alicyclic amines) is 1.